The van der Waals surface area contributed by atoms with Crippen molar-refractivity contribution >= 4 is 0 Å². The van der Waals surface area contributed by atoms with Gasteiger partial charge in [0.15, 0.2) is 0 Å². The highest BCUT2D eigenvalue weighted by Crippen LogP contribution is 2.42. The fourth-order valence-electron chi connectivity index (χ4n) is 4.03. The van der Waals surface area contributed by atoms with E-state index in [1.54, 1.807) is 0 Å². The molecule has 2 nitrogen and oxygen atoms in total. The fourth-order valence-corrected chi connectivity index (χ4v) is 4.03. The van der Waals surface area contributed by atoms with Crippen LogP contribution in [0.25, 0.3) is 0 Å². The molecule has 1 saturated heterocycles. The minimum Gasteiger partial charge on any atom is -0.309 e. The van der Waals surface area contributed by atoms with Crippen LogP contribution < -0.4 is 5.32 Å². The van der Waals surface area contributed by atoms with Gasteiger partial charge in [0.1, 0.15) is 0 Å². The third kappa shape index (κ3) is 3.87. The summed E-state index contributed by atoms with van der Waals surface area (Å²) in [5.41, 5.74) is 3.87. The summed E-state index contributed by atoms with van der Waals surface area (Å²) in [5.74, 6) is 3.01. The maximum atomic E-state index is 5.91. The lowest BCUT2D eigenvalue weighted by molar-refractivity contribution is 0.405. The maximum Gasteiger partial charge on any atom is 0.0894 e. The molecule has 0 spiro atoms. The topological polar surface area (TPSA) is 15.0 Å². The van der Waals surface area contributed by atoms with Crippen LogP contribution in [0.2, 0.25) is 0 Å². The Bertz CT molecular complexity index is 875. The Morgan fingerprint density at radius 2 is 1.29 bits per heavy atom. The first-order valence-corrected chi connectivity index (χ1v) is 9.91. The van der Waals surface area contributed by atoms with E-state index >= 15 is 0 Å². The molecule has 4 rings (SSSR count). The molecular weight excluding hydrogens is 340 g/mol. The number of rotatable bonds is 7. The number of hydrogen-bond donors (Lipinski definition) is 1. The largest absolute Gasteiger partial charge is 0.309 e. The molecule has 0 aromatic heterocycles. The van der Waals surface area contributed by atoms with Crippen molar-refractivity contribution in [1.29, 1.82) is 0 Å². The molecule has 4 atom stereocenters. The third-order valence-electron chi connectivity index (χ3n) is 5.61. The second kappa shape index (κ2) is 8.44. The fraction of sp³-hybridized carbons (Fsp3) is 0.231. The maximum absolute atomic E-state index is 5.91. The van der Waals surface area contributed by atoms with Crippen LogP contribution in [0.15, 0.2) is 91.0 Å². The molecule has 3 aromatic rings. The summed E-state index contributed by atoms with van der Waals surface area (Å²) < 4.78 is 0. The predicted octanol–water partition coefficient (Wildman–Crippen LogP) is 4.81. The minimum absolute atomic E-state index is 0.154. The highest BCUT2D eigenvalue weighted by Gasteiger charge is 2.50. The van der Waals surface area contributed by atoms with Crippen LogP contribution in [0.1, 0.15) is 35.7 Å². The van der Waals surface area contributed by atoms with Crippen molar-refractivity contribution in [3.05, 3.63) is 108 Å². The second-order valence-corrected chi connectivity index (χ2v) is 7.39. The van der Waals surface area contributed by atoms with Crippen LogP contribution >= 0.6 is 0 Å². The molecule has 1 fully saturated rings. The average molecular weight is 367 g/mol. The zero-order valence-electron chi connectivity index (χ0n) is 16.2. The molecule has 0 radical (unpaired) electrons. The lowest BCUT2D eigenvalue weighted by Crippen LogP contribution is -2.26. The highest BCUT2D eigenvalue weighted by atomic mass is 15.4. The number of nitrogens with zero attached hydrogens (tertiary/aromatic N) is 1. The molecule has 3 aromatic carbocycles. The third-order valence-corrected chi connectivity index (χ3v) is 5.61. The zero-order valence-corrected chi connectivity index (χ0v) is 16.2. The quantitative estimate of drug-likeness (QED) is 0.477. The van der Waals surface area contributed by atoms with Gasteiger partial charge in [-0.2, -0.15) is 0 Å². The molecule has 28 heavy (non-hydrogen) atoms. The van der Waals surface area contributed by atoms with E-state index in [0.717, 1.165) is 6.54 Å². The monoisotopic (exact) mass is 366 g/mol. The van der Waals surface area contributed by atoms with E-state index in [9.17, 15) is 0 Å². The standard InChI is InChI=1S/C26H26N2/c1-3-24-25(19-27-20(2)21-13-7-4-8-14-21)28(24)26(22-15-9-5-10-16-22)23-17-11-6-12-18-23/h1,4-18,20,24-27H,19H2,2H3/t20-,24+,25-,28?/m0/s1. The summed E-state index contributed by atoms with van der Waals surface area (Å²) in [7, 11) is 0. The smallest absolute Gasteiger partial charge is 0.0894 e. The molecule has 1 aliphatic heterocycles. The molecule has 1 heterocycles. The lowest BCUT2D eigenvalue weighted by atomic mass is 9.98. The van der Waals surface area contributed by atoms with Crippen molar-refractivity contribution in [2.75, 3.05) is 6.54 Å². The van der Waals surface area contributed by atoms with Gasteiger partial charge in [-0.05, 0) is 23.6 Å². The van der Waals surface area contributed by atoms with Gasteiger partial charge in [0.25, 0.3) is 0 Å². The molecule has 2 heteroatoms. The van der Waals surface area contributed by atoms with Crippen molar-refractivity contribution in [3.63, 3.8) is 0 Å². The number of benzene rings is 3. The van der Waals surface area contributed by atoms with Gasteiger partial charge >= 0.3 is 0 Å². The summed E-state index contributed by atoms with van der Waals surface area (Å²) >= 11 is 0. The summed E-state index contributed by atoms with van der Waals surface area (Å²) in [6.07, 6.45) is 5.91. The SMILES string of the molecule is C#C[C@@H]1[C@H](CN[C@@H](C)c2ccccc2)N1C(c1ccccc1)c1ccccc1. The van der Waals surface area contributed by atoms with E-state index in [-0.39, 0.29) is 12.1 Å². The molecule has 1 unspecified atom stereocenters. The molecule has 140 valence electrons. The minimum atomic E-state index is 0.154. The van der Waals surface area contributed by atoms with E-state index in [1.165, 1.54) is 16.7 Å². The average Bonchev–Trinajstić information content (AvgIpc) is 3.46. The van der Waals surface area contributed by atoms with Gasteiger partial charge < -0.3 is 5.32 Å². The van der Waals surface area contributed by atoms with Gasteiger partial charge in [-0.3, -0.25) is 4.90 Å². The van der Waals surface area contributed by atoms with Crippen molar-refractivity contribution < 1.29 is 0 Å². The molecule has 0 bridgehead atoms. The second-order valence-electron chi connectivity index (χ2n) is 7.39. The van der Waals surface area contributed by atoms with Crippen LogP contribution in [0, 0.1) is 12.3 Å². The van der Waals surface area contributed by atoms with Gasteiger partial charge in [-0.15, -0.1) is 6.42 Å². The normalized spacial score (nSPS) is 21.8. The van der Waals surface area contributed by atoms with Crippen molar-refractivity contribution in [1.82, 2.24) is 10.2 Å². The first kappa shape index (κ1) is 18.5. The van der Waals surface area contributed by atoms with Crippen LogP contribution in [-0.4, -0.2) is 23.5 Å². The van der Waals surface area contributed by atoms with Gasteiger partial charge in [0, 0.05) is 12.6 Å². The summed E-state index contributed by atoms with van der Waals surface area (Å²) in [5, 5.41) is 3.68. The Kier molecular flexibility index (Phi) is 5.58. The summed E-state index contributed by atoms with van der Waals surface area (Å²) in [6, 6.07) is 32.8. The summed E-state index contributed by atoms with van der Waals surface area (Å²) in [4.78, 5) is 2.45. The Balaban J connectivity index is 1.53. The molecule has 1 N–H and O–H groups in total. The predicted molar refractivity (Wildman–Crippen MR) is 116 cm³/mol. The zero-order chi connectivity index (χ0) is 19.3. The van der Waals surface area contributed by atoms with E-state index in [1.807, 2.05) is 0 Å². The number of nitrogens with one attached hydrogen (secondary N) is 1. The van der Waals surface area contributed by atoms with E-state index in [4.69, 9.17) is 6.42 Å². The highest BCUT2D eigenvalue weighted by molar-refractivity contribution is 5.37. The van der Waals surface area contributed by atoms with Gasteiger partial charge in [-0.25, -0.2) is 0 Å². The number of terminal acetylenes is 1. The van der Waals surface area contributed by atoms with Gasteiger partial charge in [-0.1, -0.05) is 96.9 Å². The lowest BCUT2D eigenvalue weighted by Gasteiger charge is -2.21. The van der Waals surface area contributed by atoms with Crippen LogP contribution in [0.4, 0.5) is 0 Å². The van der Waals surface area contributed by atoms with Crippen LogP contribution in [-0.2, 0) is 0 Å². The Morgan fingerprint density at radius 3 is 1.75 bits per heavy atom. The molecule has 0 amide bonds. The first-order valence-electron chi connectivity index (χ1n) is 9.91. The molecule has 0 saturated carbocycles. The Labute approximate surface area is 168 Å². The van der Waals surface area contributed by atoms with Crippen LogP contribution in [0.5, 0.6) is 0 Å². The Hall–Kier alpha value is -2.86. The van der Waals surface area contributed by atoms with Crippen LogP contribution in [0.3, 0.4) is 0 Å². The van der Waals surface area contributed by atoms with Crippen molar-refractivity contribution in [2.24, 2.45) is 0 Å². The van der Waals surface area contributed by atoms with Crippen molar-refractivity contribution in [2.45, 2.75) is 31.1 Å². The Morgan fingerprint density at radius 1 is 0.821 bits per heavy atom. The summed E-state index contributed by atoms with van der Waals surface area (Å²) in [6.45, 7) is 3.08. The van der Waals surface area contributed by atoms with Gasteiger partial charge in [0.2, 0.25) is 0 Å². The van der Waals surface area contributed by atoms with E-state index < -0.39 is 0 Å². The molecule has 1 aliphatic rings. The van der Waals surface area contributed by atoms with Crippen molar-refractivity contribution in [3.8, 4) is 12.3 Å². The number of hydrogen-bond acceptors (Lipinski definition) is 2. The van der Waals surface area contributed by atoms with Gasteiger partial charge in [0.05, 0.1) is 18.1 Å². The molecule has 0 aliphatic carbocycles. The van der Waals surface area contributed by atoms with E-state index in [0.29, 0.717) is 12.1 Å². The molecular formula is C26H26N2. The first-order chi connectivity index (χ1) is 13.8. The van der Waals surface area contributed by atoms with E-state index in [2.05, 4.69) is 114 Å².